The van der Waals surface area contributed by atoms with Gasteiger partial charge >= 0.3 is 0 Å². The number of rotatable bonds is 5. The lowest BCUT2D eigenvalue weighted by molar-refractivity contribution is -0.126. The van der Waals surface area contributed by atoms with Gasteiger partial charge in [-0.2, -0.15) is 0 Å². The summed E-state index contributed by atoms with van der Waals surface area (Å²) >= 11 is 0. The molecule has 1 rings (SSSR count). The Hall–Kier alpha value is -0.420. The van der Waals surface area contributed by atoms with Crippen LogP contribution in [0.3, 0.4) is 0 Å². The molecule has 0 aliphatic heterocycles. The fraction of sp³-hybridized carbons (Fsp3) is 0.917. The Morgan fingerprint density at radius 1 is 1.53 bits per heavy atom. The van der Waals surface area contributed by atoms with Gasteiger partial charge in [0.05, 0.1) is 0 Å². The first kappa shape index (κ1) is 14.6. The highest BCUT2D eigenvalue weighted by molar-refractivity contribution is 7.84. The van der Waals surface area contributed by atoms with Gasteiger partial charge in [0.1, 0.15) is 0 Å². The van der Waals surface area contributed by atoms with Gasteiger partial charge in [-0.25, -0.2) is 0 Å². The van der Waals surface area contributed by atoms with E-state index in [9.17, 15) is 9.00 Å². The first-order valence-corrected chi connectivity index (χ1v) is 8.07. The summed E-state index contributed by atoms with van der Waals surface area (Å²) < 4.78 is 11.0. The molecule has 0 aromatic rings. The van der Waals surface area contributed by atoms with Crippen molar-refractivity contribution in [3.8, 4) is 0 Å². The molecule has 0 aromatic heterocycles. The van der Waals surface area contributed by atoms with Gasteiger partial charge in [-0.1, -0.05) is 6.42 Å². The average molecular weight is 260 g/mol. The van der Waals surface area contributed by atoms with Crippen LogP contribution < -0.4 is 11.1 Å². The van der Waals surface area contributed by atoms with Crippen molar-refractivity contribution < 1.29 is 9.00 Å². The highest BCUT2D eigenvalue weighted by atomic mass is 32.2. The summed E-state index contributed by atoms with van der Waals surface area (Å²) in [5.74, 6) is 0.842. The minimum absolute atomic E-state index is 0.0772. The zero-order chi connectivity index (χ0) is 12.8. The van der Waals surface area contributed by atoms with Crippen molar-refractivity contribution in [2.45, 2.75) is 51.1 Å². The van der Waals surface area contributed by atoms with E-state index in [1.807, 2.05) is 6.92 Å². The molecule has 4 nitrogen and oxygen atoms in total. The molecule has 0 saturated heterocycles. The molecule has 1 amide bonds. The lowest BCUT2D eigenvalue weighted by Crippen LogP contribution is -2.41. The van der Waals surface area contributed by atoms with Crippen LogP contribution in [0.15, 0.2) is 0 Å². The van der Waals surface area contributed by atoms with Gasteiger partial charge in [-0.05, 0) is 32.6 Å². The van der Waals surface area contributed by atoms with E-state index in [2.05, 4.69) is 5.32 Å². The third-order valence-corrected chi connectivity index (χ3v) is 4.12. The molecular weight excluding hydrogens is 236 g/mol. The Morgan fingerprint density at radius 2 is 2.24 bits per heavy atom. The van der Waals surface area contributed by atoms with Crippen molar-refractivity contribution in [1.82, 2.24) is 5.32 Å². The molecule has 1 saturated carbocycles. The van der Waals surface area contributed by atoms with E-state index in [1.165, 1.54) is 0 Å². The van der Waals surface area contributed by atoms with E-state index in [-0.39, 0.29) is 23.9 Å². The van der Waals surface area contributed by atoms with Crippen LogP contribution in [0, 0.1) is 5.92 Å². The van der Waals surface area contributed by atoms with Crippen LogP contribution in [0.25, 0.3) is 0 Å². The van der Waals surface area contributed by atoms with Crippen LogP contribution in [0.4, 0.5) is 0 Å². The second-order valence-corrected chi connectivity index (χ2v) is 6.65. The molecule has 1 aliphatic carbocycles. The number of amides is 1. The van der Waals surface area contributed by atoms with E-state index in [0.29, 0.717) is 5.75 Å². The van der Waals surface area contributed by atoms with E-state index in [1.54, 1.807) is 6.26 Å². The van der Waals surface area contributed by atoms with Gasteiger partial charge < -0.3 is 11.1 Å². The molecule has 0 spiro atoms. The minimum Gasteiger partial charge on any atom is -0.353 e. The molecule has 1 fully saturated rings. The zero-order valence-corrected chi connectivity index (χ0v) is 11.6. The summed E-state index contributed by atoms with van der Waals surface area (Å²) in [5, 5.41) is 3.00. The Balaban J connectivity index is 2.29. The van der Waals surface area contributed by atoms with E-state index < -0.39 is 10.8 Å². The summed E-state index contributed by atoms with van der Waals surface area (Å²) in [6, 6.07) is 0.280. The Labute approximate surface area is 106 Å². The normalized spacial score (nSPS) is 28.4. The summed E-state index contributed by atoms with van der Waals surface area (Å²) in [5.41, 5.74) is 5.87. The Bertz CT molecular complexity index is 284. The second kappa shape index (κ2) is 7.11. The number of hydrogen-bond donors (Lipinski definition) is 2. The number of hydrogen-bond acceptors (Lipinski definition) is 3. The fourth-order valence-electron chi connectivity index (χ4n) is 2.24. The molecule has 5 heteroatoms. The van der Waals surface area contributed by atoms with E-state index >= 15 is 0 Å². The van der Waals surface area contributed by atoms with Gasteiger partial charge in [-0.3, -0.25) is 9.00 Å². The third kappa shape index (κ3) is 5.64. The van der Waals surface area contributed by atoms with Crippen molar-refractivity contribution in [2.75, 3.05) is 12.0 Å². The van der Waals surface area contributed by atoms with Crippen molar-refractivity contribution in [3.05, 3.63) is 0 Å². The topological polar surface area (TPSA) is 72.2 Å². The number of carbonyl (C=O) groups excluding carboxylic acids is 1. The summed E-state index contributed by atoms with van der Waals surface area (Å²) in [6.45, 7) is 1.97. The molecule has 17 heavy (non-hydrogen) atoms. The smallest absolute Gasteiger partial charge is 0.223 e. The van der Waals surface area contributed by atoms with Crippen LogP contribution in [-0.4, -0.2) is 34.2 Å². The lowest BCUT2D eigenvalue weighted by atomic mass is 9.85. The first-order valence-electron chi connectivity index (χ1n) is 6.35. The van der Waals surface area contributed by atoms with Crippen LogP contribution in [0.2, 0.25) is 0 Å². The molecule has 0 bridgehead atoms. The van der Waals surface area contributed by atoms with Gasteiger partial charge in [0.2, 0.25) is 5.91 Å². The van der Waals surface area contributed by atoms with Gasteiger partial charge in [0.25, 0.3) is 0 Å². The summed E-state index contributed by atoms with van der Waals surface area (Å²) in [7, 11) is -0.783. The number of carbonyl (C=O) groups is 1. The molecule has 4 unspecified atom stereocenters. The highest BCUT2D eigenvalue weighted by Crippen LogP contribution is 2.23. The number of nitrogens with two attached hydrogens (primary N) is 1. The minimum atomic E-state index is -0.783. The maximum atomic E-state index is 12.0. The van der Waals surface area contributed by atoms with E-state index in [4.69, 9.17) is 5.73 Å². The van der Waals surface area contributed by atoms with Crippen LogP contribution in [-0.2, 0) is 15.6 Å². The monoisotopic (exact) mass is 260 g/mol. The fourth-order valence-corrected chi connectivity index (χ4v) is 2.93. The quantitative estimate of drug-likeness (QED) is 0.767. The predicted octanol–water partition coefficient (Wildman–Crippen LogP) is 0.777. The summed E-state index contributed by atoms with van der Waals surface area (Å²) in [4.78, 5) is 12.0. The van der Waals surface area contributed by atoms with Crippen LogP contribution >= 0.6 is 0 Å². The highest BCUT2D eigenvalue weighted by Gasteiger charge is 2.25. The molecule has 0 heterocycles. The molecule has 100 valence electrons. The molecule has 0 aromatic carbocycles. The predicted molar refractivity (Wildman–Crippen MR) is 71.1 cm³/mol. The van der Waals surface area contributed by atoms with E-state index in [0.717, 1.165) is 32.1 Å². The number of nitrogens with one attached hydrogen (secondary N) is 1. The summed E-state index contributed by atoms with van der Waals surface area (Å²) in [6.07, 6.45) is 6.30. The van der Waals surface area contributed by atoms with Crippen LogP contribution in [0.1, 0.15) is 39.0 Å². The van der Waals surface area contributed by atoms with Crippen molar-refractivity contribution in [1.29, 1.82) is 0 Å². The standard InChI is InChI=1S/C12H24N2O2S/c1-9(6-7-17(2)16)14-12(15)10-4-3-5-11(13)8-10/h9-11H,3-8,13H2,1-2H3,(H,14,15). The van der Waals surface area contributed by atoms with Crippen molar-refractivity contribution in [3.63, 3.8) is 0 Å². The largest absolute Gasteiger partial charge is 0.353 e. The SMILES string of the molecule is CC(CCS(C)=O)NC(=O)C1CCCC(N)C1. The molecule has 3 N–H and O–H groups in total. The maximum Gasteiger partial charge on any atom is 0.223 e. The van der Waals surface area contributed by atoms with Crippen LogP contribution in [0.5, 0.6) is 0 Å². The van der Waals surface area contributed by atoms with Crippen molar-refractivity contribution in [2.24, 2.45) is 11.7 Å². The lowest BCUT2D eigenvalue weighted by Gasteiger charge is -2.27. The molecule has 0 radical (unpaired) electrons. The Kier molecular flexibility index (Phi) is 6.12. The van der Waals surface area contributed by atoms with Gasteiger partial charge in [0, 0.05) is 40.8 Å². The van der Waals surface area contributed by atoms with Gasteiger partial charge in [0.15, 0.2) is 0 Å². The second-order valence-electron chi connectivity index (χ2n) is 5.10. The molecule has 4 atom stereocenters. The van der Waals surface area contributed by atoms with Crippen molar-refractivity contribution >= 4 is 16.7 Å². The zero-order valence-electron chi connectivity index (χ0n) is 10.8. The molecule has 1 aliphatic rings. The first-order chi connectivity index (χ1) is 7.99. The average Bonchev–Trinajstić information content (AvgIpc) is 2.26. The van der Waals surface area contributed by atoms with Gasteiger partial charge in [-0.15, -0.1) is 0 Å². The molecular formula is C12H24N2O2S. The Morgan fingerprint density at radius 3 is 2.82 bits per heavy atom. The third-order valence-electron chi connectivity index (χ3n) is 3.31. The maximum absolute atomic E-state index is 12.0.